The summed E-state index contributed by atoms with van der Waals surface area (Å²) in [7, 11) is 0. The van der Waals surface area contributed by atoms with E-state index in [1.807, 2.05) is 6.20 Å². The van der Waals surface area contributed by atoms with Gasteiger partial charge in [-0.2, -0.15) is 5.10 Å². The van der Waals surface area contributed by atoms with Crippen LogP contribution in [-0.2, 0) is 56.7 Å². The first-order valence-electron chi connectivity index (χ1n) is 18.8. The van der Waals surface area contributed by atoms with E-state index in [-0.39, 0.29) is 0 Å². The van der Waals surface area contributed by atoms with Crippen molar-refractivity contribution < 1.29 is 13.8 Å². The van der Waals surface area contributed by atoms with Crippen LogP contribution in [0, 0.1) is 5.92 Å². The number of aromatic nitrogens is 6. The van der Waals surface area contributed by atoms with Crippen LogP contribution in [-0.4, -0.2) is 42.8 Å². The average molecular weight is 678 g/mol. The Morgan fingerprint density at radius 1 is 0.735 bits per heavy atom. The number of imidazole rings is 1. The lowest BCUT2D eigenvalue weighted by Crippen LogP contribution is -2.27. The fourth-order valence-corrected chi connectivity index (χ4v) is 6.19. The van der Waals surface area contributed by atoms with E-state index in [4.69, 9.17) is 13.8 Å². The zero-order valence-corrected chi connectivity index (χ0v) is 31.8. The molecule has 0 amide bonds. The number of fused-ring (bicyclic) bond motifs is 4. The van der Waals surface area contributed by atoms with Crippen molar-refractivity contribution in [3.05, 3.63) is 69.7 Å². The molecule has 0 atom stereocenters. The average Bonchev–Trinajstić information content (AvgIpc) is 3.90. The highest BCUT2D eigenvalue weighted by atomic mass is 16.5. The van der Waals surface area contributed by atoms with Crippen LogP contribution in [0.2, 0.25) is 0 Å². The van der Waals surface area contributed by atoms with Gasteiger partial charge in [-0.1, -0.05) is 72.6 Å². The van der Waals surface area contributed by atoms with Crippen LogP contribution in [0.3, 0.4) is 0 Å². The van der Waals surface area contributed by atoms with Crippen LogP contribution in [0.4, 0.5) is 0 Å². The summed E-state index contributed by atoms with van der Waals surface area (Å²) in [6.07, 6.45) is 13.6. The number of rotatable bonds is 3. The zero-order valence-electron chi connectivity index (χ0n) is 31.8. The van der Waals surface area contributed by atoms with Crippen molar-refractivity contribution in [2.75, 3.05) is 13.2 Å². The smallest absolute Gasteiger partial charge is 0.144 e. The first-order chi connectivity index (χ1) is 23.5. The zero-order chi connectivity index (χ0) is 35.3. The van der Waals surface area contributed by atoms with Crippen LogP contribution in [0.15, 0.2) is 27.5 Å². The second kappa shape index (κ2) is 19.2. The summed E-state index contributed by atoms with van der Waals surface area (Å²) >= 11 is 0. The van der Waals surface area contributed by atoms with E-state index in [1.165, 1.54) is 72.6 Å². The SMILES string of the molecule is CC(C)C.CC(C)c1cn2c(n1)CNCC2.CC(C)c1noc2c1CCCC2.CC(C)c1noc2c1COCC2.c1cc2n(n1)CCCC2. The molecule has 0 radical (unpaired) electrons. The van der Waals surface area contributed by atoms with Crippen molar-refractivity contribution in [1.29, 1.82) is 0 Å². The Bertz CT molecular complexity index is 1420. The van der Waals surface area contributed by atoms with Gasteiger partial charge in [0.15, 0.2) is 0 Å². The van der Waals surface area contributed by atoms with Crippen molar-refractivity contribution in [2.45, 2.75) is 158 Å². The standard InChI is InChI=1S/C10H15NO.C9H15N3.C9H13NO2.C7H10N2.C4H10/c1-7(2)10-8-5-3-4-6-9(8)12-11-10;1-7(2)8-6-12-4-3-10-5-9(12)11-8;1-6(2)9-7-5-11-4-3-8(7)12-10-9;1-2-6-9-7(3-1)4-5-8-9;1-4(2)3/h7H,3-6H2,1-2H3;6-7,10H,3-5H2,1-2H3;6H,3-5H2,1-2H3;4-5H,1-3,6H2;4H,1-3H3. The minimum Gasteiger partial charge on any atom is -0.376 e. The highest BCUT2D eigenvalue weighted by molar-refractivity contribution is 5.27. The molecule has 0 saturated carbocycles. The Balaban J connectivity index is 0.000000143. The fraction of sp³-hybridized carbons (Fsp3) is 0.692. The Morgan fingerprint density at radius 3 is 2.04 bits per heavy atom. The molecule has 4 aromatic heterocycles. The van der Waals surface area contributed by atoms with Crippen LogP contribution >= 0.6 is 0 Å². The number of nitrogens with zero attached hydrogens (tertiary/aromatic N) is 6. The number of aryl methyl sites for hydroxylation is 3. The number of ether oxygens (including phenoxy) is 1. The van der Waals surface area contributed by atoms with Gasteiger partial charge >= 0.3 is 0 Å². The van der Waals surface area contributed by atoms with Crippen molar-refractivity contribution >= 4 is 0 Å². The molecule has 7 heterocycles. The molecular weight excluding hydrogens is 614 g/mol. The third-order valence-electron chi connectivity index (χ3n) is 8.83. The van der Waals surface area contributed by atoms with Gasteiger partial charge in [-0.25, -0.2) is 4.98 Å². The maximum Gasteiger partial charge on any atom is 0.144 e. The molecule has 272 valence electrons. The molecule has 10 heteroatoms. The van der Waals surface area contributed by atoms with Gasteiger partial charge in [-0.15, -0.1) is 0 Å². The Morgan fingerprint density at radius 2 is 1.39 bits per heavy atom. The summed E-state index contributed by atoms with van der Waals surface area (Å²) in [6, 6.07) is 2.11. The predicted octanol–water partition coefficient (Wildman–Crippen LogP) is 8.54. The van der Waals surface area contributed by atoms with E-state index in [9.17, 15) is 0 Å². The summed E-state index contributed by atoms with van der Waals surface area (Å²) in [5.41, 5.74) is 7.44. The number of hydrogen-bond donors (Lipinski definition) is 1. The van der Waals surface area contributed by atoms with E-state index >= 15 is 0 Å². The van der Waals surface area contributed by atoms with E-state index in [1.54, 1.807) is 0 Å². The van der Waals surface area contributed by atoms with Gasteiger partial charge in [-0.05, 0) is 68.3 Å². The third kappa shape index (κ3) is 11.4. The van der Waals surface area contributed by atoms with Gasteiger partial charge in [0.1, 0.15) is 17.3 Å². The van der Waals surface area contributed by atoms with Crippen molar-refractivity contribution in [3.8, 4) is 0 Å². The summed E-state index contributed by atoms with van der Waals surface area (Å²) < 4.78 is 20.2. The van der Waals surface area contributed by atoms with Gasteiger partial charge in [0.05, 0.1) is 36.8 Å². The molecule has 4 aromatic rings. The summed E-state index contributed by atoms with van der Waals surface area (Å²) in [4.78, 5) is 4.55. The minimum absolute atomic E-state index is 0.430. The van der Waals surface area contributed by atoms with E-state index in [0.29, 0.717) is 24.4 Å². The quantitative estimate of drug-likeness (QED) is 0.230. The van der Waals surface area contributed by atoms with Crippen molar-refractivity contribution in [2.24, 2.45) is 5.92 Å². The molecule has 10 nitrogen and oxygen atoms in total. The first kappa shape index (κ1) is 38.6. The molecule has 0 saturated heterocycles. The highest BCUT2D eigenvalue weighted by Gasteiger charge is 2.22. The molecule has 1 N–H and O–H groups in total. The second-order valence-electron chi connectivity index (χ2n) is 15.1. The van der Waals surface area contributed by atoms with E-state index in [2.05, 4.69) is 110 Å². The lowest BCUT2D eigenvalue weighted by molar-refractivity contribution is 0.102. The molecular formula is C39H63N7O3. The van der Waals surface area contributed by atoms with E-state index < -0.39 is 0 Å². The molecule has 1 aliphatic carbocycles. The van der Waals surface area contributed by atoms with Crippen LogP contribution in [0.5, 0.6) is 0 Å². The molecule has 0 spiro atoms. The molecule has 0 bridgehead atoms. The predicted molar refractivity (Wildman–Crippen MR) is 195 cm³/mol. The van der Waals surface area contributed by atoms with Gasteiger partial charge in [-0.3, -0.25) is 4.68 Å². The van der Waals surface area contributed by atoms with Crippen molar-refractivity contribution in [1.82, 2.24) is 35.0 Å². The molecule has 8 rings (SSSR count). The fourth-order valence-electron chi connectivity index (χ4n) is 6.19. The number of hydrogen-bond acceptors (Lipinski definition) is 8. The lowest BCUT2D eigenvalue weighted by atomic mass is 9.93. The molecule has 49 heavy (non-hydrogen) atoms. The van der Waals surface area contributed by atoms with Crippen LogP contribution in [0.25, 0.3) is 0 Å². The highest BCUT2D eigenvalue weighted by Crippen LogP contribution is 2.28. The van der Waals surface area contributed by atoms with Gasteiger partial charge in [0.25, 0.3) is 0 Å². The van der Waals surface area contributed by atoms with Crippen molar-refractivity contribution in [3.63, 3.8) is 0 Å². The molecule has 0 aromatic carbocycles. The molecule has 3 aliphatic heterocycles. The normalized spacial score (nSPS) is 16.1. The van der Waals surface area contributed by atoms with E-state index in [0.717, 1.165) is 68.8 Å². The first-order valence-corrected chi connectivity index (χ1v) is 18.8. The lowest BCUT2D eigenvalue weighted by Gasteiger charge is -2.13. The summed E-state index contributed by atoms with van der Waals surface area (Å²) in [5, 5.41) is 15.6. The largest absolute Gasteiger partial charge is 0.376 e. The second-order valence-corrected chi connectivity index (χ2v) is 15.1. The Labute approximate surface area is 294 Å². The van der Waals surface area contributed by atoms with Gasteiger partial charge < -0.3 is 23.7 Å². The minimum atomic E-state index is 0.430. The maximum atomic E-state index is 5.35. The van der Waals surface area contributed by atoms with Gasteiger partial charge in [0.2, 0.25) is 0 Å². The summed E-state index contributed by atoms with van der Waals surface area (Å²) in [5.74, 6) is 5.66. The Hall–Kier alpha value is -3.24. The summed E-state index contributed by atoms with van der Waals surface area (Å²) in [6.45, 7) is 25.1. The maximum absolute atomic E-state index is 5.35. The molecule has 0 fully saturated rings. The Kier molecular flexibility index (Phi) is 15.1. The van der Waals surface area contributed by atoms with Gasteiger partial charge in [0, 0.05) is 61.7 Å². The van der Waals surface area contributed by atoms with Crippen LogP contribution < -0.4 is 5.32 Å². The topological polar surface area (TPSA) is 109 Å². The molecule has 4 aliphatic rings. The monoisotopic (exact) mass is 677 g/mol. The van der Waals surface area contributed by atoms with Crippen LogP contribution in [0.1, 0.15) is 157 Å². The molecule has 0 unspecified atom stereocenters. The third-order valence-corrected chi connectivity index (χ3v) is 8.83. The number of nitrogens with one attached hydrogen (secondary N) is 1.